The molecule has 0 saturated carbocycles. The van der Waals surface area contributed by atoms with Crippen LogP contribution in [0.15, 0.2) is 0 Å². The quantitative estimate of drug-likeness (QED) is 0.687. The van der Waals surface area contributed by atoms with E-state index >= 15 is 0 Å². The van der Waals surface area contributed by atoms with E-state index in [9.17, 15) is 0 Å². The second-order valence-corrected chi connectivity index (χ2v) is 6.76. The van der Waals surface area contributed by atoms with Crippen molar-refractivity contribution >= 4 is 0 Å². The van der Waals surface area contributed by atoms with Crippen LogP contribution in [0.2, 0.25) is 0 Å². The molecule has 3 unspecified atom stereocenters. The van der Waals surface area contributed by atoms with Crippen LogP contribution in [0.1, 0.15) is 26.7 Å². The number of fused-ring (bicyclic) bond motifs is 3. The van der Waals surface area contributed by atoms with E-state index in [1.807, 2.05) is 0 Å². The van der Waals surface area contributed by atoms with Gasteiger partial charge in [0.15, 0.2) is 0 Å². The van der Waals surface area contributed by atoms with Crippen LogP contribution < -0.4 is 0 Å². The Morgan fingerprint density at radius 1 is 1.24 bits per heavy atom. The maximum atomic E-state index is 5.76. The Balaban J connectivity index is 1.92. The summed E-state index contributed by atoms with van der Waals surface area (Å²) in [6.45, 7) is 10.5. The third kappa shape index (κ3) is 1.92. The van der Waals surface area contributed by atoms with E-state index in [4.69, 9.17) is 4.74 Å². The number of ether oxygens (including phenoxy) is 1. The Hall–Kier alpha value is -0.120. The summed E-state index contributed by atoms with van der Waals surface area (Å²) in [7, 11) is 2.29. The van der Waals surface area contributed by atoms with Gasteiger partial charge in [0.2, 0.25) is 0 Å². The molecule has 3 heteroatoms. The third-order valence-corrected chi connectivity index (χ3v) is 5.12. The van der Waals surface area contributed by atoms with E-state index in [1.54, 1.807) is 0 Å². The van der Waals surface area contributed by atoms with E-state index in [2.05, 4.69) is 30.7 Å². The predicted molar refractivity (Wildman–Crippen MR) is 69.1 cm³/mol. The molecule has 0 aromatic rings. The summed E-state index contributed by atoms with van der Waals surface area (Å²) in [6, 6.07) is 1.39. The normalized spacial score (nSPS) is 43.8. The highest BCUT2D eigenvalue weighted by Gasteiger charge is 2.52. The smallest absolute Gasteiger partial charge is 0.0538 e. The van der Waals surface area contributed by atoms with Gasteiger partial charge in [-0.3, -0.25) is 4.90 Å². The van der Waals surface area contributed by atoms with Gasteiger partial charge in [-0.25, -0.2) is 0 Å². The zero-order chi connectivity index (χ0) is 12.0. The molecule has 0 aliphatic carbocycles. The van der Waals surface area contributed by atoms with Crippen molar-refractivity contribution in [2.24, 2.45) is 11.3 Å². The molecular weight excluding hydrogens is 212 g/mol. The van der Waals surface area contributed by atoms with Gasteiger partial charge in [-0.1, -0.05) is 0 Å². The molecular formula is C14H26N2O. The average molecular weight is 238 g/mol. The topological polar surface area (TPSA) is 15.7 Å². The fourth-order valence-corrected chi connectivity index (χ4v) is 4.40. The lowest BCUT2D eigenvalue weighted by Crippen LogP contribution is -2.58. The number of rotatable bonds is 1. The maximum Gasteiger partial charge on any atom is 0.0538 e. The van der Waals surface area contributed by atoms with Crippen molar-refractivity contribution in [1.82, 2.24) is 9.80 Å². The van der Waals surface area contributed by atoms with Crippen LogP contribution in [-0.4, -0.2) is 61.8 Å². The number of likely N-dealkylation sites (N-methyl/N-ethyl adjacent to an activating group) is 1. The van der Waals surface area contributed by atoms with Crippen molar-refractivity contribution in [3.63, 3.8) is 0 Å². The van der Waals surface area contributed by atoms with E-state index in [0.717, 1.165) is 19.1 Å². The van der Waals surface area contributed by atoms with Crippen LogP contribution in [-0.2, 0) is 4.74 Å². The van der Waals surface area contributed by atoms with Gasteiger partial charge >= 0.3 is 0 Å². The van der Waals surface area contributed by atoms with E-state index in [0.29, 0.717) is 17.5 Å². The molecule has 17 heavy (non-hydrogen) atoms. The largest absolute Gasteiger partial charge is 0.381 e. The van der Waals surface area contributed by atoms with Gasteiger partial charge in [0.1, 0.15) is 0 Å². The molecule has 98 valence electrons. The van der Waals surface area contributed by atoms with Gasteiger partial charge in [0, 0.05) is 43.7 Å². The highest BCUT2D eigenvalue weighted by Crippen LogP contribution is 2.47. The van der Waals surface area contributed by atoms with Gasteiger partial charge in [-0.2, -0.15) is 0 Å². The van der Waals surface area contributed by atoms with Gasteiger partial charge in [0.25, 0.3) is 0 Å². The Morgan fingerprint density at radius 3 is 2.71 bits per heavy atom. The summed E-state index contributed by atoms with van der Waals surface area (Å²) < 4.78 is 5.76. The molecule has 0 amide bonds. The minimum absolute atomic E-state index is 0.470. The first-order valence-electron chi connectivity index (χ1n) is 7.13. The predicted octanol–water partition coefficient (Wildman–Crippen LogP) is 1.44. The molecule has 4 aliphatic rings. The van der Waals surface area contributed by atoms with E-state index in [1.165, 1.54) is 32.5 Å². The molecule has 0 radical (unpaired) electrons. The summed E-state index contributed by atoms with van der Waals surface area (Å²) in [5, 5.41) is 0. The fraction of sp³-hybridized carbons (Fsp3) is 1.00. The Labute approximate surface area is 105 Å². The SMILES string of the molecule is CC(C)N1CC2CN(C)CC1C1(CCOC1)C2. The first-order valence-corrected chi connectivity index (χ1v) is 7.13. The lowest BCUT2D eigenvalue weighted by atomic mass is 9.69. The summed E-state index contributed by atoms with van der Waals surface area (Å²) >= 11 is 0. The number of nitrogens with zero attached hydrogens (tertiary/aromatic N) is 2. The zero-order valence-corrected chi connectivity index (χ0v) is 11.5. The number of hydrogen-bond acceptors (Lipinski definition) is 3. The Morgan fingerprint density at radius 2 is 2.06 bits per heavy atom. The van der Waals surface area contributed by atoms with Crippen LogP contribution in [0.5, 0.6) is 0 Å². The highest BCUT2D eigenvalue weighted by atomic mass is 16.5. The van der Waals surface area contributed by atoms with E-state index in [-0.39, 0.29) is 0 Å². The molecule has 3 nitrogen and oxygen atoms in total. The third-order valence-electron chi connectivity index (χ3n) is 5.12. The van der Waals surface area contributed by atoms with E-state index < -0.39 is 0 Å². The molecule has 4 heterocycles. The highest BCUT2D eigenvalue weighted by molar-refractivity contribution is 5.05. The Bertz CT molecular complexity index is 286. The molecule has 3 atom stereocenters. The lowest BCUT2D eigenvalue weighted by molar-refractivity contribution is -0.0223. The average Bonchev–Trinajstić information content (AvgIpc) is 2.57. The summed E-state index contributed by atoms with van der Waals surface area (Å²) in [6.07, 6.45) is 2.68. The van der Waals surface area contributed by atoms with Crippen molar-refractivity contribution < 1.29 is 4.74 Å². The van der Waals surface area contributed by atoms with Crippen molar-refractivity contribution in [3.8, 4) is 0 Å². The standard InChI is InChI=1S/C14H26N2O/c1-11(2)16-8-12-6-14(4-5-17-10-14)13(16)9-15(3)7-12/h11-13H,4-10H2,1-3H3. The van der Waals surface area contributed by atoms with Crippen LogP contribution in [0.25, 0.3) is 0 Å². The number of piperidine rings is 1. The fourth-order valence-electron chi connectivity index (χ4n) is 4.40. The van der Waals surface area contributed by atoms with Crippen LogP contribution in [0.4, 0.5) is 0 Å². The van der Waals surface area contributed by atoms with Gasteiger partial charge < -0.3 is 9.64 Å². The van der Waals surface area contributed by atoms with Crippen LogP contribution in [0, 0.1) is 11.3 Å². The molecule has 4 fully saturated rings. The summed E-state index contributed by atoms with van der Waals surface area (Å²) in [5.74, 6) is 0.850. The first-order chi connectivity index (χ1) is 8.11. The molecule has 4 rings (SSSR count). The molecule has 1 spiro atoms. The molecule has 4 saturated heterocycles. The number of hydrogen-bond donors (Lipinski definition) is 0. The molecule has 0 aromatic heterocycles. The van der Waals surface area contributed by atoms with Gasteiger partial charge in [-0.05, 0) is 39.7 Å². The second-order valence-electron chi connectivity index (χ2n) is 6.76. The molecule has 0 aromatic carbocycles. The zero-order valence-electron chi connectivity index (χ0n) is 11.5. The summed E-state index contributed by atoms with van der Waals surface area (Å²) in [5.41, 5.74) is 0.470. The van der Waals surface area contributed by atoms with Crippen LogP contribution >= 0.6 is 0 Å². The minimum atomic E-state index is 0.470. The summed E-state index contributed by atoms with van der Waals surface area (Å²) in [4.78, 5) is 5.30. The van der Waals surface area contributed by atoms with Gasteiger partial charge in [0.05, 0.1) is 6.61 Å². The van der Waals surface area contributed by atoms with Crippen molar-refractivity contribution in [1.29, 1.82) is 0 Å². The van der Waals surface area contributed by atoms with Crippen LogP contribution in [0.3, 0.4) is 0 Å². The monoisotopic (exact) mass is 238 g/mol. The van der Waals surface area contributed by atoms with Crippen molar-refractivity contribution in [2.75, 3.05) is 39.9 Å². The Kier molecular flexibility index (Phi) is 2.96. The molecule has 4 aliphatic heterocycles. The molecule has 2 bridgehead atoms. The second kappa shape index (κ2) is 4.22. The maximum absolute atomic E-state index is 5.76. The first kappa shape index (κ1) is 11.9. The van der Waals surface area contributed by atoms with Crippen molar-refractivity contribution in [2.45, 2.75) is 38.8 Å². The van der Waals surface area contributed by atoms with Crippen molar-refractivity contribution in [3.05, 3.63) is 0 Å². The van der Waals surface area contributed by atoms with Gasteiger partial charge in [-0.15, -0.1) is 0 Å². The lowest BCUT2D eigenvalue weighted by Gasteiger charge is -2.50. The molecule has 0 N–H and O–H groups in total. The minimum Gasteiger partial charge on any atom is -0.381 e.